The van der Waals surface area contributed by atoms with E-state index in [1.165, 1.54) is 0 Å². The molecule has 0 heterocycles. The maximum atomic E-state index is 12.8. The quantitative estimate of drug-likeness (QED) is 0.444. The number of hydrogen-bond donors (Lipinski definition) is 3. The highest BCUT2D eigenvalue weighted by molar-refractivity contribution is 5.91. The molecule has 2 amide bonds. The summed E-state index contributed by atoms with van der Waals surface area (Å²) in [5.74, 6) is -3.00. The highest BCUT2D eigenvalue weighted by atomic mass is 16.5. The van der Waals surface area contributed by atoms with E-state index in [1.807, 2.05) is 62.4 Å². The monoisotopic (exact) mass is 482 g/mol. The lowest BCUT2D eigenvalue weighted by molar-refractivity contribution is -0.149. The number of alkyl carbamates (subject to hydrolysis) is 1. The number of benzene rings is 2. The number of amides is 2. The van der Waals surface area contributed by atoms with Crippen LogP contribution in [0.3, 0.4) is 0 Å². The molecule has 35 heavy (non-hydrogen) atoms. The Morgan fingerprint density at radius 3 is 2.00 bits per heavy atom. The van der Waals surface area contributed by atoms with Gasteiger partial charge in [0, 0.05) is 5.92 Å². The van der Waals surface area contributed by atoms with Gasteiger partial charge in [-0.1, -0.05) is 62.4 Å². The molecular formula is C26H30N2O7. The van der Waals surface area contributed by atoms with Crippen LogP contribution in [0.25, 0.3) is 11.1 Å². The normalized spacial score (nSPS) is 13.8. The van der Waals surface area contributed by atoms with Gasteiger partial charge in [0.05, 0.1) is 13.5 Å². The molecule has 2 atom stereocenters. The van der Waals surface area contributed by atoms with Gasteiger partial charge in [-0.2, -0.15) is 0 Å². The smallest absolute Gasteiger partial charge is 0.407 e. The molecular weight excluding hydrogens is 452 g/mol. The second-order valence-electron chi connectivity index (χ2n) is 8.83. The van der Waals surface area contributed by atoms with Gasteiger partial charge in [0.1, 0.15) is 18.7 Å². The summed E-state index contributed by atoms with van der Waals surface area (Å²) in [4.78, 5) is 48.4. The minimum atomic E-state index is -1.48. The molecule has 0 fully saturated rings. The van der Waals surface area contributed by atoms with Crippen LogP contribution in [0.1, 0.15) is 43.7 Å². The number of carboxylic acids is 1. The standard InChI is InChI=1S/C26H30N2O7/c1-15(2)12-21(24(30)27-22(25(31)32)13-23(29)34-3)28-26(33)35-14-20-18-10-6-4-8-16(18)17-9-5-7-11-19(17)20/h4-11,15,20-22H,12-14H2,1-3H3,(H,27,30)(H,28,33)(H,31,32)/t21-,22+/m0/s1. The van der Waals surface area contributed by atoms with Crippen molar-refractivity contribution in [2.75, 3.05) is 13.7 Å². The summed E-state index contributed by atoms with van der Waals surface area (Å²) in [6.07, 6.45) is -1.06. The van der Waals surface area contributed by atoms with Crippen LogP contribution in [0.15, 0.2) is 48.5 Å². The second kappa shape index (κ2) is 11.5. The van der Waals surface area contributed by atoms with Gasteiger partial charge < -0.3 is 25.2 Å². The first-order chi connectivity index (χ1) is 16.7. The zero-order valence-corrected chi connectivity index (χ0v) is 19.9. The predicted molar refractivity (Wildman–Crippen MR) is 128 cm³/mol. The number of rotatable bonds is 10. The van der Waals surface area contributed by atoms with Crippen molar-refractivity contribution in [3.8, 4) is 11.1 Å². The van der Waals surface area contributed by atoms with E-state index < -0.39 is 42.4 Å². The van der Waals surface area contributed by atoms with Gasteiger partial charge in [-0.3, -0.25) is 9.59 Å². The number of carbonyl (C=O) groups excluding carboxylic acids is 3. The minimum absolute atomic E-state index is 0.0171. The molecule has 0 unspecified atom stereocenters. The molecule has 0 radical (unpaired) electrons. The average molecular weight is 483 g/mol. The Bertz CT molecular complexity index is 1050. The summed E-state index contributed by atoms with van der Waals surface area (Å²) in [5.41, 5.74) is 4.31. The van der Waals surface area contributed by atoms with E-state index in [0.717, 1.165) is 29.4 Å². The fourth-order valence-electron chi connectivity index (χ4n) is 4.21. The third-order valence-corrected chi connectivity index (χ3v) is 5.87. The van der Waals surface area contributed by atoms with E-state index in [1.54, 1.807) is 0 Å². The molecule has 9 heteroatoms. The largest absolute Gasteiger partial charge is 0.480 e. The molecule has 0 saturated carbocycles. The fraction of sp³-hybridized carbons (Fsp3) is 0.385. The number of hydrogen-bond acceptors (Lipinski definition) is 6. The predicted octanol–water partition coefficient (Wildman–Crippen LogP) is 3.07. The third kappa shape index (κ3) is 6.38. The van der Waals surface area contributed by atoms with Gasteiger partial charge in [-0.25, -0.2) is 9.59 Å². The number of carbonyl (C=O) groups is 4. The van der Waals surface area contributed by atoms with Crippen LogP contribution in [0.4, 0.5) is 4.79 Å². The van der Waals surface area contributed by atoms with Crippen LogP contribution in [0, 0.1) is 5.92 Å². The van der Waals surface area contributed by atoms with Crippen molar-refractivity contribution in [1.29, 1.82) is 0 Å². The average Bonchev–Trinajstić information content (AvgIpc) is 3.15. The Morgan fingerprint density at radius 2 is 1.49 bits per heavy atom. The van der Waals surface area contributed by atoms with E-state index in [9.17, 15) is 24.3 Å². The second-order valence-corrected chi connectivity index (χ2v) is 8.83. The number of esters is 1. The Hall–Kier alpha value is -3.88. The van der Waals surface area contributed by atoms with Crippen LogP contribution < -0.4 is 10.6 Å². The van der Waals surface area contributed by atoms with Crippen LogP contribution in [0.2, 0.25) is 0 Å². The zero-order valence-electron chi connectivity index (χ0n) is 19.9. The Kier molecular flexibility index (Phi) is 8.46. The molecule has 1 aliphatic carbocycles. The Balaban J connectivity index is 1.66. The van der Waals surface area contributed by atoms with Gasteiger partial charge >= 0.3 is 18.0 Å². The van der Waals surface area contributed by atoms with Crippen molar-refractivity contribution in [3.05, 3.63) is 59.7 Å². The number of nitrogens with one attached hydrogen (secondary N) is 2. The molecule has 0 aromatic heterocycles. The summed E-state index contributed by atoms with van der Waals surface area (Å²) >= 11 is 0. The lowest BCUT2D eigenvalue weighted by Crippen LogP contribution is -2.52. The number of aliphatic carboxylic acids is 1. The highest BCUT2D eigenvalue weighted by Crippen LogP contribution is 2.44. The van der Waals surface area contributed by atoms with E-state index in [4.69, 9.17) is 4.74 Å². The summed E-state index contributed by atoms with van der Waals surface area (Å²) in [7, 11) is 1.13. The van der Waals surface area contributed by atoms with Crippen molar-refractivity contribution >= 4 is 23.9 Å². The first-order valence-electron chi connectivity index (χ1n) is 11.4. The number of ether oxygens (including phenoxy) is 2. The Labute approximate surface area is 203 Å². The van der Waals surface area contributed by atoms with Crippen LogP contribution in [-0.4, -0.2) is 54.8 Å². The maximum absolute atomic E-state index is 12.8. The van der Waals surface area contributed by atoms with Crippen molar-refractivity contribution in [3.63, 3.8) is 0 Å². The lowest BCUT2D eigenvalue weighted by Gasteiger charge is -2.23. The van der Waals surface area contributed by atoms with Crippen LogP contribution in [-0.2, 0) is 23.9 Å². The number of fused-ring (bicyclic) bond motifs is 3. The summed E-state index contributed by atoms with van der Waals surface area (Å²) in [6.45, 7) is 3.81. The van der Waals surface area contributed by atoms with E-state index in [-0.39, 0.29) is 24.9 Å². The van der Waals surface area contributed by atoms with Crippen LogP contribution in [0.5, 0.6) is 0 Å². The lowest BCUT2D eigenvalue weighted by atomic mass is 9.98. The molecule has 0 spiro atoms. The third-order valence-electron chi connectivity index (χ3n) is 5.87. The molecule has 0 bridgehead atoms. The van der Waals surface area contributed by atoms with E-state index >= 15 is 0 Å². The molecule has 1 aliphatic rings. The summed E-state index contributed by atoms with van der Waals surface area (Å²) < 4.78 is 10.0. The summed E-state index contributed by atoms with van der Waals surface area (Å²) in [5, 5.41) is 14.2. The molecule has 0 aliphatic heterocycles. The van der Waals surface area contributed by atoms with Crippen LogP contribution >= 0.6 is 0 Å². The molecule has 9 nitrogen and oxygen atoms in total. The molecule has 3 N–H and O–H groups in total. The van der Waals surface area contributed by atoms with Crippen molar-refractivity contribution < 1.29 is 33.8 Å². The van der Waals surface area contributed by atoms with Gasteiger partial charge in [0.2, 0.25) is 5.91 Å². The maximum Gasteiger partial charge on any atom is 0.407 e. The Morgan fingerprint density at radius 1 is 0.914 bits per heavy atom. The first-order valence-corrected chi connectivity index (χ1v) is 11.4. The van der Waals surface area contributed by atoms with E-state index in [0.29, 0.717) is 0 Å². The molecule has 0 saturated heterocycles. The van der Waals surface area contributed by atoms with Crippen molar-refractivity contribution in [2.24, 2.45) is 5.92 Å². The van der Waals surface area contributed by atoms with E-state index in [2.05, 4.69) is 15.4 Å². The SMILES string of the molecule is COC(=O)C[C@@H](NC(=O)[C@H](CC(C)C)NC(=O)OCC1c2ccccc2-c2ccccc21)C(=O)O. The summed E-state index contributed by atoms with van der Waals surface area (Å²) in [6, 6.07) is 13.4. The number of methoxy groups -OCH3 is 1. The van der Waals surface area contributed by atoms with Gasteiger partial charge in [-0.05, 0) is 34.6 Å². The number of carboxylic acid groups (broad SMARTS) is 1. The molecule has 186 valence electrons. The van der Waals surface area contributed by atoms with Gasteiger partial charge in [0.15, 0.2) is 0 Å². The zero-order chi connectivity index (χ0) is 25.5. The molecule has 2 aromatic rings. The van der Waals surface area contributed by atoms with Gasteiger partial charge in [-0.15, -0.1) is 0 Å². The highest BCUT2D eigenvalue weighted by Gasteiger charge is 2.31. The fourth-order valence-corrected chi connectivity index (χ4v) is 4.21. The van der Waals surface area contributed by atoms with Gasteiger partial charge in [0.25, 0.3) is 0 Å². The topological polar surface area (TPSA) is 131 Å². The first kappa shape index (κ1) is 25.7. The van der Waals surface area contributed by atoms with Crippen molar-refractivity contribution in [2.45, 2.75) is 44.7 Å². The molecule has 2 aromatic carbocycles. The van der Waals surface area contributed by atoms with Crippen molar-refractivity contribution in [1.82, 2.24) is 10.6 Å². The molecule has 3 rings (SSSR count). The minimum Gasteiger partial charge on any atom is -0.480 e.